The summed E-state index contributed by atoms with van der Waals surface area (Å²) in [6.07, 6.45) is 6.63. The van der Waals surface area contributed by atoms with Crippen molar-refractivity contribution < 1.29 is 13.2 Å². The van der Waals surface area contributed by atoms with E-state index in [1.807, 2.05) is 0 Å². The van der Waals surface area contributed by atoms with Gasteiger partial charge in [0.05, 0.1) is 18.1 Å². The van der Waals surface area contributed by atoms with E-state index in [2.05, 4.69) is 24.5 Å². The molecule has 0 spiro atoms. The van der Waals surface area contributed by atoms with Gasteiger partial charge in [-0.15, -0.1) is 24.0 Å². The molecule has 0 amide bonds. The van der Waals surface area contributed by atoms with Crippen molar-refractivity contribution in [3.63, 3.8) is 0 Å². The summed E-state index contributed by atoms with van der Waals surface area (Å²) >= 11 is 0. The van der Waals surface area contributed by atoms with Crippen LogP contribution in [0.4, 0.5) is 0 Å². The van der Waals surface area contributed by atoms with E-state index in [9.17, 15) is 8.42 Å². The molecule has 27 heavy (non-hydrogen) atoms. The van der Waals surface area contributed by atoms with Gasteiger partial charge in [-0.1, -0.05) is 13.8 Å². The van der Waals surface area contributed by atoms with Crippen molar-refractivity contribution in [3.05, 3.63) is 0 Å². The van der Waals surface area contributed by atoms with Crippen molar-refractivity contribution >= 4 is 39.8 Å². The minimum atomic E-state index is -2.84. The normalized spacial score (nSPS) is 30.7. The zero-order chi connectivity index (χ0) is 18.6. The highest BCUT2D eigenvalue weighted by atomic mass is 127. The second kappa shape index (κ2) is 10.1. The molecule has 1 saturated carbocycles. The maximum absolute atomic E-state index is 11.7. The first kappa shape index (κ1) is 23.2. The number of guanidine groups is 1. The Kier molecular flexibility index (Phi) is 8.67. The fourth-order valence-corrected chi connectivity index (χ4v) is 5.96. The van der Waals surface area contributed by atoms with Gasteiger partial charge in [0, 0.05) is 31.7 Å². The lowest BCUT2D eigenvalue weighted by molar-refractivity contribution is 0.186. The second-order valence-corrected chi connectivity index (χ2v) is 11.4. The van der Waals surface area contributed by atoms with Gasteiger partial charge in [0.25, 0.3) is 0 Å². The summed E-state index contributed by atoms with van der Waals surface area (Å²) in [6, 6.07) is 0.460. The third-order valence-corrected chi connectivity index (χ3v) is 7.93. The molecule has 0 aromatic carbocycles. The number of nitrogens with zero attached hydrogens (tertiary/aromatic N) is 1. The van der Waals surface area contributed by atoms with Crippen LogP contribution in [0.3, 0.4) is 0 Å². The third kappa shape index (κ3) is 7.68. The molecular formula is C19H36IN3O3S. The maximum Gasteiger partial charge on any atom is 0.191 e. The summed E-state index contributed by atoms with van der Waals surface area (Å²) in [5, 5.41) is 7.09. The van der Waals surface area contributed by atoms with Gasteiger partial charge < -0.3 is 15.4 Å². The van der Waals surface area contributed by atoms with E-state index in [-0.39, 0.29) is 35.6 Å². The molecule has 3 rings (SSSR count). The molecule has 0 radical (unpaired) electrons. The van der Waals surface area contributed by atoms with Gasteiger partial charge in [-0.05, 0) is 49.9 Å². The molecule has 2 unspecified atom stereocenters. The molecule has 0 aromatic rings. The Morgan fingerprint density at radius 3 is 2.48 bits per heavy atom. The highest BCUT2D eigenvalue weighted by Gasteiger charge is 2.29. The highest BCUT2D eigenvalue weighted by molar-refractivity contribution is 14.0. The summed E-state index contributed by atoms with van der Waals surface area (Å²) in [7, 11) is -2.84. The number of aliphatic imine (C=N–C) groups is 1. The number of hydrogen-bond donors (Lipinski definition) is 2. The summed E-state index contributed by atoms with van der Waals surface area (Å²) in [6.45, 7) is 7.82. The monoisotopic (exact) mass is 513 g/mol. The fraction of sp³-hybridized carbons (Fsp3) is 0.947. The van der Waals surface area contributed by atoms with Gasteiger partial charge in [-0.3, -0.25) is 4.99 Å². The Morgan fingerprint density at radius 1 is 1.15 bits per heavy atom. The number of nitrogens with one attached hydrogen (secondary N) is 2. The first-order valence-electron chi connectivity index (χ1n) is 10.1. The van der Waals surface area contributed by atoms with Crippen molar-refractivity contribution in [2.24, 2.45) is 22.2 Å². The Labute approximate surface area is 181 Å². The molecule has 1 aliphatic carbocycles. The Morgan fingerprint density at radius 2 is 1.89 bits per heavy atom. The van der Waals surface area contributed by atoms with Crippen LogP contribution in [-0.4, -0.2) is 58.2 Å². The van der Waals surface area contributed by atoms with Crippen molar-refractivity contribution in [2.75, 3.05) is 37.8 Å². The first-order chi connectivity index (χ1) is 12.3. The molecule has 2 aliphatic heterocycles. The summed E-state index contributed by atoms with van der Waals surface area (Å²) < 4.78 is 28.8. The fourth-order valence-electron chi connectivity index (χ4n) is 4.11. The first-order valence-corrected chi connectivity index (χ1v) is 12.0. The minimum Gasteiger partial charge on any atom is -0.381 e. The lowest BCUT2D eigenvalue weighted by Gasteiger charge is -2.35. The van der Waals surface area contributed by atoms with Gasteiger partial charge >= 0.3 is 0 Å². The van der Waals surface area contributed by atoms with Crippen LogP contribution >= 0.6 is 24.0 Å². The molecule has 0 aromatic heterocycles. The lowest BCUT2D eigenvalue weighted by Crippen LogP contribution is -2.47. The summed E-state index contributed by atoms with van der Waals surface area (Å²) in [4.78, 5) is 4.75. The van der Waals surface area contributed by atoms with E-state index >= 15 is 0 Å². The summed E-state index contributed by atoms with van der Waals surface area (Å²) in [5.74, 6) is 2.17. The Balaban J connectivity index is 0.00000261. The maximum atomic E-state index is 11.7. The van der Waals surface area contributed by atoms with Gasteiger partial charge in [-0.2, -0.15) is 0 Å². The average molecular weight is 513 g/mol. The van der Waals surface area contributed by atoms with Crippen molar-refractivity contribution in [1.29, 1.82) is 0 Å². The molecule has 2 atom stereocenters. The van der Waals surface area contributed by atoms with E-state index < -0.39 is 9.84 Å². The van der Waals surface area contributed by atoms with E-state index in [1.165, 1.54) is 12.8 Å². The molecule has 8 heteroatoms. The zero-order valence-electron chi connectivity index (χ0n) is 16.7. The standard InChI is InChI=1S/C19H35N3O3S.HI/c1-19(2)7-3-17(4-8-19)22-18(20-11-15-5-9-25-13-15)21-12-16-6-10-26(23,24)14-16;/h15-17H,3-14H2,1-2H3,(H2,20,21,22);1H. The van der Waals surface area contributed by atoms with E-state index in [0.29, 0.717) is 29.7 Å². The number of sulfone groups is 1. The molecule has 3 fully saturated rings. The highest BCUT2D eigenvalue weighted by Crippen LogP contribution is 2.35. The number of hydrogen-bond acceptors (Lipinski definition) is 4. The second-order valence-electron chi connectivity index (χ2n) is 9.15. The molecule has 2 heterocycles. The van der Waals surface area contributed by atoms with Crippen LogP contribution in [0.2, 0.25) is 0 Å². The molecule has 6 nitrogen and oxygen atoms in total. The molecule has 2 saturated heterocycles. The number of rotatable bonds is 5. The van der Waals surface area contributed by atoms with Crippen LogP contribution < -0.4 is 10.6 Å². The van der Waals surface area contributed by atoms with Crippen molar-refractivity contribution in [3.8, 4) is 0 Å². The minimum absolute atomic E-state index is 0. The molecule has 2 N–H and O–H groups in total. The van der Waals surface area contributed by atoms with Gasteiger partial charge in [-0.25, -0.2) is 8.42 Å². The van der Waals surface area contributed by atoms with E-state index in [1.54, 1.807) is 0 Å². The average Bonchev–Trinajstić information content (AvgIpc) is 3.21. The largest absolute Gasteiger partial charge is 0.381 e. The third-order valence-electron chi connectivity index (χ3n) is 6.10. The van der Waals surface area contributed by atoms with Crippen LogP contribution in [0.15, 0.2) is 4.99 Å². The van der Waals surface area contributed by atoms with Crippen LogP contribution in [0.25, 0.3) is 0 Å². The summed E-state index contributed by atoms with van der Waals surface area (Å²) in [5.41, 5.74) is 0.447. The predicted molar refractivity (Wildman–Crippen MR) is 121 cm³/mol. The number of ether oxygens (including phenoxy) is 1. The molecule has 158 valence electrons. The SMILES string of the molecule is CC1(C)CCC(NC(=NCC2CCS(=O)(=O)C2)NCC2CCOC2)CC1.I. The number of halogens is 1. The van der Waals surface area contributed by atoms with Gasteiger partial charge in [0.1, 0.15) is 0 Å². The van der Waals surface area contributed by atoms with Crippen LogP contribution in [-0.2, 0) is 14.6 Å². The molecule has 0 bridgehead atoms. The lowest BCUT2D eigenvalue weighted by atomic mass is 9.75. The molecular weight excluding hydrogens is 477 g/mol. The van der Waals surface area contributed by atoms with Crippen LogP contribution in [0.5, 0.6) is 0 Å². The van der Waals surface area contributed by atoms with Crippen LogP contribution in [0, 0.1) is 17.3 Å². The van der Waals surface area contributed by atoms with E-state index in [0.717, 1.165) is 51.4 Å². The van der Waals surface area contributed by atoms with Gasteiger partial charge in [0.2, 0.25) is 0 Å². The predicted octanol–water partition coefficient (Wildman–Crippen LogP) is 2.58. The Hall–Kier alpha value is -0.0900. The quantitative estimate of drug-likeness (QED) is 0.336. The smallest absolute Gasteiger partial charge is 0.191 e. The van der Waals surface area contributed by atoms with E-state index in [4.69, 9.17) is 9.73 Å². The van der Waals surface area contributed by atoms with Crippen LogP contribution in [0.1, 0.15) is 52.4 Å². The zero-order valence-corrected chi connectivity index (χ0v) is 19.9. The van der Waals surface area contributed by atoms with Crippen molar-refractivity contribution in [2.45, 2.75) is 58.4 Å². The van der Waals surface area contributed by atoms with Crippen molar-refractivity contribution in [1.82, 2.24) is 10.6 Å². The topological polar surface area (TPSA) is 79.8 Å². The molecule has 3 aliphatic rings. The van der Waals surface area contributed by atoms with Gasteiger partial charge in [0.15, 0.2) is 15.8 Å². The Bertz CT molecular complexity index is 593.